The minimum atomic E-state index is -0.896. The Labute approximate surface area is 139 Å². The third-order valence-corrected chi connectivity index (χ3v) is 3.07. The molecular formula is C17H17N3O4. The van der Waals surface area contributed by atoms with Crippen molar-refractivity contribution in [1.82, 2.24) is 5.43 Å². The van der Waals surface area contributed by atoms with Gasteiger partial charge in [0.15, 0.2) is 0 Å². The normalized spacial score (nSPS) is 10.2. The van der Waals surface area contributed by atoms with E-state index < -0.39 is 11.8 Å². The highest BCUT2D eigenvalue weighted by Gasteiger charge is 2.14. The highest BCUT2D eigenvalue weighted by molar-refractivity contribution is 6.39. The second kappa shape index (κ2) is 8.33. The number of rotatable bonds is 5. The molecule has 0 atom stereocenters. The molecule has 0 heterocycles. The Balaban J connectivity index is 1.97. The smallest absolute Gasteiger partial charge is 0.329 e. The Morgan fingerprint density at radius 1 is 0.917 bits per heavy atom. The van der Waals surface area contributed by atoms with Gasteiger partial charge in [-0.15, -0.1) is 0 Å². The summed E-state index contributed by atoms with van der Waals surface area (Å²) in [6, 6.07) is 13.9. The Morgan fingerprint density at radius 3 is 2.25 bits per heavy atom. The van der Waals surface area contributed by atoms with Crippen molar-refractivity contribution in [3.8, 4) is 11.5 Å². The summed E-state index contributed by atoms with van der Waals surface area (Å²) in [4.78, 5) is 23.7. The van der Waals surface area contributed by atoms with Crippen molar-refractivity contribution in [3.63, 3.8) is 0 Å². The monoisotopic (exact) mass is 327 g/mol. The molecule has 0 radical (unpaired) electrons. The highest BCUT2D eigenvalue weighted by Crippen LogP contribution is 2.22. The highest BCUT2D eigenvalue weighted by atomic mass is 16.5. The van der Waals surface area contributed by atoms with Crippen LogP contribution in [0, 0.1) is 0 Å². The molecule has 0 saturated carbocycles. The van der Waals surface area contributed by atoms with Crippen LogP contribution < -0.4 is 20.2 Å². The fraction of sp³-hybridized carbons (Fsp3) is 0.118. The molecule has 0 saturated heterocycles. The third-order valence-electron chi connectivity index (χ3n) is 3.07. The number of carbonyl (C=O) groups excluding carboxylic acids is 2. The fourth-order valence-electron chi connectivity index (χ4n) is 1.91. The van der Waals surface area contributed by atoms with E-state index >= 15 is 0 Å². The molecular weight excluding hydrogens is 310 g/mol. The Morgan fingerprint density at radius 2 is 1.54 bits per heavy atom. The molecule has 0 aliphatic rings. The molecule has 0 aliphatic heterocycles. The van der Waals surface area contributed by atoms with Gasteiger partial charge in [-0.05, 0) is 24.3 Å². The maximum Gasteiger partial charge on any atom is 0.329 e. The van der Waals surface area contributed by atoms with Gasteiger partial charge >= 0.3 is 11.8 Å². The van der Waals surface area contributed by atoms with Gasteiger partial charge in [0.05, 0.1) is 26.1 Å². The van der Waals surface area contributed by atoms with Crippen LogP contribution in [-0.2, 0) is 9.59 Å². The SMILES string of the molecule is COc1ccccc1C=NNC(=O)C(=O)Nc1ccccc1OC. The standard InChI is InChI=1S/C17H17N3O4/c1-23-14-9-5-3-7-12(14)11-18-20-17(22)16(21)19-13-8-4-6-10-15(13)24-2/h3-11H,1-2H3,(H,19,21)(H,20,22). The van der Waals surface area contributed by atoms with Gasteiger partial charge in [-0.25, -0.2) is 5.43 Å². The zero-order valence-corrected chi connectivity index (χ0v) is 13.3. The molecule has 124 valence electrons. The van der Waals surface area contributed by atoms with Crippen LogP contribution in [0.15, 0.2) is 53.6 Å². The quantitative estimate of drug-likeness (QED) is 0.498. The number of hydrogen-bond donors (Lipinski definition) is 2. The van der Waals surface area contributed by atoms with Crippen molar-refractivity contribution in [2.75, 3.05) is 19.5 Å². The molecule has 0 aliphatic carbocycles. The molecule has 2 rings (SSSR count). The van der Waals surface area contributed by atoms with Crippen LogP contribution in [-0.4, -0.2) is 32.2 Å². The first-order valence-electron chi connectivity index (χ1n) is 7.06. The summed E-state index contributed by atoms with van der Waals surface area (Å²) in [6.07, 6.45) is 1.40. The van der Waals surface area contributed by atoms with Crippen molar-refractivity contribution in [2.45, 2.75) is 0 Å². The van der Waals surface area contributed by atoms with Gasteiger partial charge in [0, 0.05) is 5.56 Å². The largest absolute Gasteiger partial charge is 0.496 e. The molecule has 0 fully saturated rings. The van der Waals surface area contributed by atoms with Crippen LogP contribution in [0.4, 0.5) is 5.69 Å². The maximum atomic E-state index is 11.9. The number of methoxy groups -OCH3 is 2. The zero-order valence-electron chi connectivity index (χ0n) is 13.3. The predicted molar refractivity (Wildman–Crippen MR) is 90.4 cm³/mol. The maximum absolute atomic E-state index is 11.9. The molecule has 0 aromatic heterocycles. The third kappa shape index (κ3) is 4.33. The van der Waals surface area contributed by atoms with Crippen molar-refractivity contribution < 1.29 is 19.1 Å². The lowest BCUT2D eigenvalue weighted by Gasteiger charge is -2.08. The van der Waals surface area contributed by atoms with Crippen molar-refractivity contribution in [2.24, 2.45) is 5.10 Å². The lowest BCUT2D eigenvalue weighted by atomic mass is 10.2. The number of nitrogens with one attached hydrogen (secondary N) is 2. The average molecular weight is 327 g/mol. The Hall–Kier alpha value is -3.35. The lowest BCUT2D eigenvalue weighted by Crippen LogP contribution is -2.32. The van der Waals surface area contributed by atoms with E-state index in [1.54, 1.807) is 42.5 Å². The molecule has 24 heavy (non-hydrogen) atoms. The van der Waals surface area contributed by atoms with Gasteiger partial charge in [-0.2, -0.15) is 5.10 Å². The molecule has 7 nitrogen and oxygen atoms in total. The van der Waals surface area contributed by atoms with Gasteiger partial charge < -0.3 is 14.8 Å². The lowest BCUT2D eigenvalue weighted by molar-refractivity contribution is -0.136. The van der Waals surface area contributed by atoms with E-state index in [0.29, 0.717) is 22.7 Å². The predicted octanol–water partition coefficient (Wildman–Crippen LogP) is 1.79. The van der Waals surface area contributed by atoms with Crippen molar-refractivity contribution in [1.29, 1.82) is 0 Å². The first-order valence-corrected chi connectivity index (χ1v) is 7.06. The van der Waals surface area contributed by atoms with E-state index in [1.165, 1.54) is 20.4 Å². The van der Waals surface area contributed by atoms with Gasteiger partial charge in [-0.3, -0.25) is 9.59 Å². The summed E-state index contributed by atoms with van der Waals surface area (Å²) in [5.41, 5.74) is 3.23. The Kier molecular flexibility index (Phi) is 5.90. The summed E-state index contributed by atoms with van der Waals surface area (Å²) in [5.74, 6) is -0.686. The number of benzene rings is 2. The number of para-hydroxylation sites is 3. The van der Waals surface area contributed by atoms with E-state index in [2.05, 4.69) is 15.8 Å². The van der Waals surface area contributed by atoms with Crippen LogP contribution in [0.1, 0.15) is 5.56 Å². The Bertz CT molecular complexity index is 759. The van der Waals surface area contributed by atoms with Crippen LogP contribution in [0.3, 0.4) is 0 Å². The number of ether oxygens (including phenoxy) is 2. The first-order chi connectivity index (χ1) is 11.7. The molecule has 2 amide bonds. The van der Waals surface area contributed by atoms with E-state index in [-0.39, 0.29) is 0 Å². The summed E-state index contributed by atoms with van der Waals surface area (Å²) in [6.45, 7) is 0. The van der Waals surface area contributed by atoms with Crippen LogP contribution in [0.25, 0.3) is 0 Å². The summed E-state index contributed by atoms with van der Waals surface area (Å²) in [5, 5.41) is 6.22. The molecule has 2 N–H and O–H groups in total. The van der Waals surface area contributed by atoms with Gasteiger partial charge in [-0.1, -0.05) is 24.3 Å². The summed E-state index contributed by atoms with van der Waals surface area (Å²) < 4.78 is 10.3. The van der Waals surface area contributed by atoms with Gasteiger partial charge in [0.1, 0.15) is 11.5 Å². The molecule has 0 spiro atoms. The number of hydrogen-bond acceptors (Lipinski definition) is 5. The van der Waals surface area contributed by atoms with Crippen LogP contribution in [0.2, 0.25) is 0 Å². The van der Waals surface area contributed by atoms with Crippen LogP contribution in [0.5, 0.6) is 11.5 Å². The van der Waals surface area contributed by atoms with E-state index in [9.17, 15) is 9.59 Å². The van der Waals surface area contributed by atoms with Crippen molar-refractivity contribution >= 4 is 23.7 Å². The number of anilines is 1. The van der Waals surface area contributed by atoms with Gasteiger partial charge in [0.2, 0.25) is 0 Å². The molecule has 7 heteroatoms. The first kappa shape index (κ1) is 17.0. The molecule has 0 unspecified atom stereocenters. The topological polar surface area (TPSA) is 89.0 Å². The number of carbonyl (C=O) groups is 2. The molecule has 0 bridgehead atoms. The second-order valence-electron chi connectivity index (χ2n) is 4.60. The minimum Gasteiger partial charge on any atom is -0.496 e. The number of amides is 2. The van der Waals surface area contributed by atoms with Crippen molar-refractivity contribution in [3.05, 3.63) is 54.1 Å². The zero-order chi connectivity index (χ0) is 17.4. The second-order valence-corrected chi connectivity index (χ2v) is 4.60. The van der Waals surface area contributed by atoms with E-state index in [0.717, 1.165) is 0 Å². The van der Waals surface area contributed by atoms with E-state index in [1.807, 2.05) is 6.07 Å². The number of nitrogens with zero attached hydrogens (tertiary/aromatic N) is 1. The van der Waals surface area contributed by atoms with E-state index in [4.69, 9.17) is 9.47 Å². The number of hydrazone groups is 1. The summed E-state index contributed by atoms with van der Waals surface area (Å²) in [7, 11) is 3.01. The minimum absolute atomic E-state index is 0.397. The average Bonchev–Trinajstić information content (AvgIpc) is 2.62. The molecule has 2 aromatic carbocycles. The summed E-state index contributed by atoms with van der Waals surface area (Å²) >= 11 is 0. The van der Waals surface area contributed by atoms with Gasteiger partial charge in [0.25, 0.3) is 0 Å². The fourth-order valence-corrected chi connectivity index (χ4v) is 1.91. The molecule has 2 aromatic rings. The van der Waals surface area contributed by atoms with Crippen LogP contribution >= 0.6 is 0 Å².